The monoisotopic (exact) mass is 537 g/mol. The molecule has 202 valence electrons. The normalized spacial score (nSPS) is 13.6. The summed E-state index contributed by atoms with van der Waals surface area (Å²) >= 11 is 0. The van der Waals surface area contributed by atoms with Gasteiger partial charge in [-0.2, -0.15) is 18.1 Å². The second-order valence-corrected chi connectivity index (χ2v) is 7.44. The molecule has 1 atom stereocenters. The van der Waals surface area contributed by atoms with Crippen molar-refractivity contribution in [3.8, 4) is 11.5 Å². The first-order chi connectivity index (χ1) is 16.7. The molecule has 0 saturated heterocycles. The van der Waals surface area contributed by atoms with Gasteiger partial charge in [-0.1, -0.05) is 30.3 Å². The quantitative estimate of drug-likeness (QED) is 0.220. The van der Waals surface area contributed by atoms with Crippen LogP contribution < -0.4 is 9.47 Å². The van der Waals surface area contributed by atoms with E-state index in [4.69, 9.17) is 4.74 Å². The molecule has 4 nitrogen and oxygen atoms in total. The van der Waals surface area contributed by atoms with Gasteiger partial charge in [-0.15, -0.1) is 26.3 Å². The zero-order chi connectivity index (χ0) is 27.0. The Morgan fingerprint density at radius 3 is 2.11 bits per heavy atom. The molecule has 0 fully saturated rings. The van der Waals surface area contributed by atoms with Crippen molar-refractivity contribution >= 4 is 0 Å². The lowest BCUT2D eigenvalue weighted by molar-refractivity contribution is -0.346. The smallest absolute Gasteiger partial charge is 0.491 e. The fraction of sp³-hybridized carbons (Fsp3) is 0.455. The summed E-state index contributed by atoms with van der Waals surface area (Å²) in [6.45, 7) is -3.83. The van der Waals surface area contributed by atoms with Gasteiger partial charge in [0, 0.05) is 6.54 Å². The number of hydrogen-bond acceptors (Lipinski definition) is 4. The third-order valence-corrected chi connectivity index (χ3v) is 4.74. The van der Waals surface area contributed by atoms with E-state index in [0.717, 1.165) is 6.07 Å². The van der Waals surface area contributed by atoms with Crippen LogP contribution in [0.4, 0.5) is 43.9 Å². The van der Waals surface area contributed by atoms with Crippen LogP contribution in [0.1, 0.15) is 17.5 Å². The van der Waals surface area contributed by atoms with Gasteiger partial charge in [0.15, 0.2) is 0 Å². The van der Waals surface area contributed by atoms with Crippen molar-refractivity contribution in [2.75, 3.05) is 20.0 Å². The van der Waals surface area contributed by atoms with E-state index in [-0.39, 0.29) is 18.6 Å². The maximum Gasteiger partial charge on any atom is 0.573 e. The Labute approximate surface area is 199 Å². The van der Waals surface area contributed by atoms with Crippen LogP contribution in [-0.4, -0.2) is 50.0 Å². The summed E-state index contributed by atoms with van der Waals surface area (Å²) in [5.74, 6) is -0.313. The molecular weight excluding hydrogens is 516 g/mol. The minimum Gasteiger partial charge on any atom is -0.491 e. The third kappa shape index (κ3) is 10.9. The Morgan fingerprint density at radius 2 is 1.50 bits per heavy atom. The predicted molar refractivity (Wildman–Crippen MR) is 107 cm³/mol. The molecule has 0 aliphatic carbocycles. The Kier molecular flexibility index (Phi) is 10.2. The topological polar surface area (TPSA) is 30.9 Å². The van der Waals surface area contributed by atoms with Crippen molar-refractivity contribution in [2.24, 2.45) is 0 Å². The number of rotatable bonds is 12. The average molecular weight is 537 g/mol. The molecule has 0 aromatic heterocycles. The van der Waals surface area contributed by atoms with Crippen LogP contribution in [0.2, 0.25) is 0 Å². The van der Waals surface area contributed by atoms with Crippen LogP contribution >= 0.6 is 0 Å². The van der Waals surface area contributed by atoms with Gasteiger partial charge >= 0.3 is 19.0 Å². The minimum atomic E-state index is -5.17. The lowest BCUT2D eigenvalue weighted by Gasteiger charge is -2.25. The van der Waals surface area contributed by atoms with E-state index in [2.05, 4.69) is 9.47 Å². The number of aryl methyl sites for hydroxylation is 2. The first-order valence-corrected chi connectivity index (χ1v) is 10.3. The molecule has 0 aliphatic rings. The largest absolute Gasteiger partial charge is 0.573 e. The highest BCUT2D eigenvalue weighted by atomic mass is 19.4. The van der Waals surface area contributed by atoms with E-state index in [1.807, 2.05) is 0 Å². The van der Waals surface area contributed by atoms with Gasteiger partial charge < -0.3 is 9.47 Å². The molecule has 36 heavy (non-hydrogen) atoms. The van der Waals surface area contributed by atoms with Gasteiger partial charge in [0.1, 0.15) is 31.0 Å². The van der Waals surface area contributed by atoms with Crippen LogP contribution in [0.5, 0.6) is 11.5 Å². The zero-order valence-electron chi connectivity index (χ0n) is 18.4. The number of benzene rings is 2. The molecule has 0 heterocycles. The summed E-state index contributed by atoms with van der Waals surface area (Å²) in [7, 11) is 0. The fourth-order valence-corrected chi connectivity index (χ4v) is 3.13. The molecule has 0 saturated carbocycles. The van der Waals surface area contributed by atoms with Crippen molar-refractivity contribution in [3.63, 3.8) is 0 Å². The van der Waals surface area contributed by atoms with E-state index in [1.54, 1.807) is 18.2 Å². The molecule has 0 N–H and O–H groups in total. The highest BCUT2D eigenvalue weighted by Gasteiger charge is 2.39. The molecule has 0 spiro atoms. The zero-order valence-corrected chi connectivity index (χ0v) is 18.4. The van der Waals surface area contributed by atoms with Crippen LogP contribution in [-0.2, 0) is 17.6 Å². The van der Waals surface area contributed by atoms with Crippen molar-refractivity contribution in [1.82, 2.24) is 4.90 Å². The molecule has 0 amide bonds. The highest BCUT2D eigenvalue weighted by molar-refractivity contribution is 5.35. The van der Waals surface area contributed by atoms with Crippen molar-refractivity contribution in [1.29, 1.82) is 0 Å². The molecule has 14 heteroatoms. The van der Waals surface area contributed by atoms with Crippen LogP contribution in [0.15, 0.2) is 48.5 Å². The van der Waals surface area contributed by atoms with Gasteiger partial charge in [-0.05, 0) is 48.6 Å². The molecular formula is C22H21F10NO3. The second-order valence-electron chi connectivity index (χ2n) is 7.44. The molecule has 0 unspecified atom stereocenters. The van der Waals surface area contributed by atoms with Gasteiger partial charge in [-0.25, -0.2) is 4.39 Å². The lowest BCUT2D eigenvalue weighted by Crippen LogP contribution is -2.41. The highest BCUT2D eigenvalue weighted by Crippen LogP contribution is 2.27. The summed E-state index contributed by atoms with van der Waals surface area (Å²) in [5, 5.41) is 0. The van der Waals surface area contributed by atoms with Crippen LogP contribution in [0.25, 0.3) is 0 Å². The Balaban J connectivity index is 2.05. The Morgan fingerprint density at radius 1 is 0.806 bits per heavy atom. The maximum atomic E-state index is 12.7. The second kappa shape index (κ2) is 12.5. The van der Waals surface area contributed by atoms with Gasteiger partial charge in [0.25, 0.3) is 0 Å². The number of alkyl halides is 10. The first-order valence-electron chi connectivity index (χ1n) is 10.3. The van der Waals surface area contributed by atoms with E-state index in [1.165, 1.54) is 24.3 Å². The molecule has 0 radical (unpaired) electrons. The first kappa shape index (κ1) is 29.5. The van der Waals surface area contributed by atoms with Gasteiger partial charge in [0.2, 0.25) is 0 Å². The number of ether oxygens (including phenoxy) is 3. The standard InChI is InChI=1S/C22H21F10NO3/c23-14-33(20(24,25)26)11-10-18(36-22(30,31)32)13-34-19-7-2-1-5-16(19)9-8-15-4-3-6-17(12-15)35-21(27,28)29/h1-7,12,18H,8-11,13-14H2/t18-/m0/s1. The molecule has 2 aromatic rings. The molecule has 0 aliphatic heterocycles. The average Bonchev–Trinajstić information content (AvgIpc) is 2.74. The summed E-state index contributed by atoms with van der Waals surface area (Å²) < 4.78 is 139. The number of hydrogen-bond donors (Lipinski definition) is 0. The third-order valence-electron chi connectivity index (χ3n) is 4.74. The summed E-state index contributed by atoms with van der Waals surface area (Å²) in [6, 6.07) is 11.3. The Hall–Kier alpha value is -2.74. The summed E-state index contributed by atoms with van der Waals surface area (Å²) in [5.41, 5.74) is 0.953. The van der Waals surface area contributed by atoms with E-state index in [0.29, 0.717) is 11.1 Å². The number of para-hydroxylation sites is 1. The number of halogens is 10. The van der Waals surface area contributed by atoms with Crippen LogP contribution in [0.3, 0.4) is 0 Å². The molecule has 2 rings (SSSR count). The minimum absolute atomic E-state index is 0.106. The van der Waals surface area contributed by atoms with Crippen LogP contribution in [0, 0.1) is 0 Å². The SMILES string of the molecule is FCN(CC[C@@H](COc1ccccc1CCc1cccc(OC(F)(F)F)c1)OC(F)(F)F)C(F)(F)F. The van der Waals surface area contributed by atoms with E-state index in [9.17, 15) is 43.9 Å². The summed E-state index contributed by atoms with van der Waals surface area (Å²) in [4.78, 5) is -0.607. The van der Waals surface area contributed by atoms with E-state index < -0.39 is 62.1 Å². The van der Waals surface area contributed by atoms with Gasteiger partial charge in [0.05, 0.1) is 0 Å². The van der Waals surface area contributed by atoms with Gasteiger partial charge in [-0.3, -0.25) is 4.74 Å². The van der Waals surface area contributed by atoms with E-state index >= 15 is 0 Å². The van der Waals surface area contributed by atoms with Crippen molar-refractivity contribution < 1.29 is 58.1 Å². The molecule has 2 aromatic carbocycles. The maximum absolute atomic E-state index is 12.7. The van der Waals surface area contributed by atoms with Crippen molar-refractivity contribution in [2.45, 2.75) is 44.4 Å². The molecule has 0 bridgehead atoms. The fourth-order valence-electron chi connectivity index (χ4n) is 3.13. The lowest BCUT2D eigenvalue weighted by atomic mass is 10.0. The Bertz CT molecular complexity index is 947. The summed E-state index contributed by atoms with van der Waals surface area (Å²) in [6.07, 6.45) is -17.4. The van der Waals surface area contributed by atoms with Crippen molar-refractivity contribution in [3.05, 3.63) is 59.7 Å². The number of nitrogens with zero attached hydrogens (tertiary/aromatic N) is 1. The predicted octanol–water partition coefficient (Wildman–Crippen LogP) is 6.79.